The van der Waals surface area contributed by atoms with Gasteiger partial charge in [-0.25, -0.2) is 0 Å². The maximum Gasteiger partial charge on any atom is 2.00 e. The first-order chi connectivity index (χ1) is 29.3. The van der Waals surface area contributed by atoms with Crippen LogP contribution in [0.5, 0.6) is 0 Å². The molecule has 0 aliphatic carbocycles. The molecule has 0 heterocycles. The largest absolute Gasteiger partial charge is 2.00 e. The summed E-state index contributed by atoms with van der Waals surface area (Å²) in [7, 11) is 0. The second-order valence-corrected chi connectivity index (χ2v) is 18.2. The number of carboxylic acid groups (broad SMARTS) is 3. The van der Waals surface area contributed by atoms with Crippen LogP contribution in [0.15, 0.2) is 0 Å². The summed E-state index contributed by atoms with van der Waals surface area (Å²) >= 11 is 0. The number of hydrogen-bond acceptors (Lipinski definition) is 5. The Morgan fingerprint density at radius 1 is 0.262 bits per heavy atom. The molecule has 0 aliphatic rings. The molecule has 0 saturated heterocycles. The van der Waals surface area contributed by atoms with Crippen LogP contribution in [0.25, 0.3) is 0 Å². The summed E-state index contributed by atoms with van der Waals surface area (Å²) in [6.07, 6.45) is 59.9. The summed E-state index contributed by atoms with van der Waals surface area (Å²) in [6.45, 7) is 6.80. The van der Waals surface area contributed by atoms with E-state index in [0.717, 1.165) is 38.5 Å². The van der Waals surface area contributed by atoms with Crippen molar-refractivity contribution in [3.8, 4) is 0 Å². The van der Waals surface area contributed by atoms with Gasteiger partial charge in [-0.05, 0) is 32.1 Å². The molecular weight excluding hydrogens is 810 g/mol. The molecule has 0 fully saturated rings. The molecule has 0 aromatic heterocycles. The van der Waals surface area contributed by atoms with Crippen molar-refractivity contribution >= 4 is 17.9 Å². The molecule has 0 radical (unpaired) electrons. The van der Waals surface area contributed by atoms with E-state index in [1.165, 1.54) is 250 Å². The average molecular weight is 917 g/mol. The number of rotatable bonds is 48. The fourth-order valence-corrected chi connectivity index (χ4v) is 7.93. The third-order valence-corrected chi connectivity index (χ3v) is 12.0. The SMILES string of the molecule is CCCCCCCCCCCCCCCCCC(=O)O.CCCCCCCCCCCCCCCCCC(=O)[O-].CCCCCCCCCCCCCCCCCC(=O)[O-].[Zn+2]. The van der Waals surface area contributed by atoms with Gasteiger partial charge in [-0.1, -0.05) is 290 Å². The molecule has 0 aromatic carbocycles. The number of carbonyl (C=O) groups is 3. The van der Waals surface area contributed by atoms with Gasteiger partial charge in [0.05, 0.1) is 0 Å². The first-order valence-electron chi connectivity index (χ1n) is 26.9. The molecule has 6 nitrogen and oxygen atoms in total. The molecule has 0 rings (SSSR count). The van der Waals surface area contributed by atoms with E-state index in [4.69, 9.17) is 5.11 Å². The second kappa shape index (κ2) is 63.3. The van der Waals surface area contributed by atoms with E-state index >= 15 is 0 Å². The summed E-state index contributed by atoms with van der Waals surface area (Å²) in [6, 6.07) is 0. The van der Waals surface area contributed by atoms with Crippen molar-refractivity contribution < 1.29 is 49.2 Å². The number of carboxylic acids is 3. The number of carbonyl (C=O) groups excluding carboxylic acids is 2. The molecular formula is C54H106O6Zn. The van der Waals surface area contributed by atoms with Crippen LogP contribution in [0.2, 0.25) is 0 Å². The molecule has 61 heavy (non-hydrogen) atoms. The Morgan fingerprint density at radius 3 is 0.525 bits per heavy atom. The zero-order valence-electron chi connectivity index (χ0n) is 41.6. The maximum absolute atomic E-state index is 10.3. The Bertz CT molecular complexity index is 717. The normalized spacial score (nSPS) is 10.7. The van der Waals surface area contributed by atoms with Crippen LogP contribution in [-0.4, -0.2) is 23.0 Å². The van der Waals surface area contributed by atoms with Crippen molar-refractivity contribution in [2.24, 2.45) is 0 Å². The van der Waals surface area contributed by atoms with Crippen molar-refractivity contribution in [1.82, 2.24) is 0 Å². The van der Waals surface area contributed by atoms with Gasteiger partial charge in [0, 0.05) is 18.4 Å². The standard InChI is InChI=1S/3C18H36O2.Zn/c3*1-2-3-4-5-6-7-8-9-10-11-12-13-14-15-16-17-18(19)20;/h3*2-17H2,1H3,(H,19,20);/q;;;+2/p-2. The monoisotopic (exact) mass is 915 g/mol. The minimum absolute atomic E-state index is 0. The van der Waals surface area contributed by atoms with Gasteiger partial charge in [-0.2, -0.15) is 0 Å². The third kappa shape index (κ3) is 76.7. The number of aliphatic carboxylic acids is 3. The number of unbranched alkanes of at least 4 members (excludes halogenated alkanes) is 42. The van der Waals surface area contributed by atoms with Crippen LogP contribution < -0.4 is 10.2 Å². The fourth-order valence-electron chi connectivity index (χ4n) is 7.93. The van der Waals surface area contributed by atoms with Gasteiger partial charge in [0.15, 0.2) is 0 Å². The van der Waals surface area contributed by atoms with Gasteiger partial charge in [-0.3, -0.25) is 4.79 Å². The Morgan fingerprint density at radius 2 is 0.393 bits per heavy atom. The summed E-state index contributed by atoms with van der Waals surface area (Å²) in [5, 5.41) is 29.0. The molecule has 0 amide bonds. The van der Waals surface area contributed by atoms with Crippen LogP contribution in [0.1, 0.15) is 329 Å². The van der Waals surface area contributed by atoms with Gasteiger partial charge >= 0.3 is 25.4 Å². The van der Waals surface area contributed by atoms with Crippen LogP contribution in [0, 0.1) is 0 Å². The maximum atomic E-state index is 10.3. The van der Waals surface area contributed by atoms with Crippen molar-refractivity contribution in [1.29, 1.82) is 0 Å². The van der Waals surface area contributed by atoms with E-state index < -0.39 is 17.9 Å². The number of hydrogen-bond donors (Lipinski definition) is 1. The second-order valence-electron chi connectivity index (χ2n) is 18.2. The molecule has 0 bridgehead atoms. The van der Waals surface area contributed by atoms with Crippen LogP contribution in [0.4, 0.5) is 0 Å². The zero-order valence-corrected chi connectivity index (χ0v) is 44.6. The minimum atomic E-state index is -0.903. The van der Waals surface area contributed by atoms with E-state index in [1.807, 2.05) is 0 Å². The first-order valence-corrected chi connectivity index (χ1v) is 26.9. The Hall–Kier alpha value is -0.967. The van der Waals surface area contributed by atoms with E-state index in [0.29, 0.717) is 6.42 Å². The molecule has 0 unspecified atom stereocenters. The minimum Gasteiger partial charge on any atom is -0.550 e. The molecule has 1 N–H and O–H groups in total. The van der Waals surface area contributed by atoms with Crippen molar-refractivity contribution in [2.45, 2.75) is 329 Å². The molecule has 0 spiro atoms. The van der Waals surface area contributed by atoms with Crippen LogP contribution >= 0.6 is 0 Å². The topological polar surface area (TPSA) is 118 Å². The summed E-state index contributed by atoms with van der Waals surface area (Å²) in [5.41, 5.74) is 0. The summed E-state index contributed by atoms with van der Waals surface area (Å²) < 4.78 is 0. The molecule has 360 valence electrons. The third-order valence-electron chi connectivity index (χ3n) is 12.0. The van der Waals surface area contributed by atoms with E-state index in [1.54, 1.807) is 0 Å². The predicted molar refractivity (Wildman–Crippen MR) is 256 cm³/mol. The van der Waals surface area contributed by atoms with E-state index in [2.05, 4.69) is 20.8 Å². The first kappa shape index (κ1) is 66.6. The van der Waals surface area contributed by atoms with Gasteiger partial charge in [0.2, 0.25) is 0 Å². The van der Waals surface area contributed by atoms with E-state index in [-0.39, 0.29) is 32.3 Å². The van der Waals surface area contributed by atoms with Gasteiger partial charge < -0.3 is 24.9 Å². The summed E-state index contributed by atoms with van der Waals surface area (Å²) in [5.74, 6) is -2.46. The van der Waals surface area contributed by atoms with Crippen molar-refractivity contribution in [2.75, 3.05) is 0 Å². The average Bonchev–Trinajstić information content (AvgIpc) is 3.22. The zero-order chi connectivity index (χ0) is 44.7. The van der Waals surface area contributed by atoms with Crippen LogP contribution in [0.3, 0.4) is 0 Å². The van der Waals surface area contributed by atoms with Gasteiger partial charge in [0.25, 0.3) is 0 Å². The molecule has 0 atom stereocenters. The smallest absolute Gasteiger partial charge is 0.550 e. The predicted octanol–water partition coefficient (Wildman–Crippen LogP) is 16.3. The van der Waals surface area contributed by atoms with E-state index in [9.17, 15) is 24.6 Å². The Labute approximate surface area is 394 Å². The molecule has 0 saturated carbocycles. The molecule has 0 aromatic rings. The molecule has 0 aliphatic heterocycles. The van der Waals surface area contributed by atoms with Crippen molar-refractivity contribution in [3.05, 3.63) is 0 Å². The van der Waals surface area contributed by atoms with Gasteiger partial charge in [-0.15, -0.1) is 0 Å². The Kier molecular flexibility index (Phi) is 69.2. The Balaban J connectivity index is -0.000000396. The van der Waals surface area contributed by atoms with Crippen LogP contribution in [-0.2, 0) is 33.9 Å². The van der Waals surface area contributed by atoms with Gasteiger partial charge in [0.1, 0.15) is 0 Å². The summed E-state index contributed by atoms with van der Waals surface area (Å²) in [4.78, 5) is 30.8. The van der Waals surface area contributed by atoms with Crippen molar-refractivity contribution in [3.63, 3.8) is 0 Å². The quantitative estimate of drug-likeness (QED) is 0.0480. The molecule has 7 heteroatoms. The fraction of sp³-hybridized carbons (Fsp3) is 0.944.